The second kappa shape index (κ2) is 7.11. The van der Waals surface area contributed by atoms with Crippen LogP contribution in [-0.4, -0.2) is 30.6 Å². The summed E-state index contributed by atoms with van der Waals surface area (Å²) in [6.07, 6.45) is 0.0593. The first-order valence-electron chi connectivity index (χ1n) is 7.69. The van der Waals surface area contributed by atoms with Gasteiger partial charge in [-0.25, -0.2) is 9.18 Å². The van der Waals surface area contributed by atoms with E-state index in [0.29, 0.717) is 18.7 Å². The lowest BCUT2D eigenvalue weighted by atomic mass is 9.92. The lowest BCUT2D eigenvalue weighted by molar-refractivity contribution is -0.121. The maximum atomic E-state index is 13.3. The summed E-state index contributed by atoms with van der Waals surface area (Å²) in [5.74, 6) is -0.987. The fourth-order valence-electron chi connectivity index (χ4n) is 2.95. The molecular formula is C18H16ClFN2O3. The topological polar surface area (TPSA) is 58.6 Å². The summed E-state index contributed by atoms with van der Waals surface area (Å²) in [5, 5.41) is 2.60. The third-order valence-corrected chi connectivity index (χ3v) is 4.42. The lowest BCUT2D eigenvalue weighted by Gasteiger charge is -2.35. The molecule has 0 bridgehead atoms. The molecule has 2 aromatic carbocycles. The van der Waals surface area contributed by atoms with E-state index in [1.54, 1.807) is 0 Å². The van der Waals surface area contributed by atoms with E-state index in [1.165, 1.54) is 30.2 Å². The van der Waals surface area contributed by atoms with E-state index < -0.39 is 23.9 Å². The summed E-state index contributed by atoms with van der Waals surface area (Å²) in [7, 11) is 1.28. The zero-order valence-corrected chi connectivity index (χ0v) is 14.2. The van der Waals surface area contributed by atoms with E-state index in [4.69, 9.17) is 16.3 Å². The molecule has 0 spiro atoms. The minimum atomic E-state index is -0.832. The zero-order chi connectivity index (χ0) is 18.0. The Bertz CT molecular complexity index is 828. The minimum Gasteiger partial charge on any atom is -0.453 e. The molecule has 0 aromatic heterocycles. The number of nitrogens with one attached hydrogen (secondary N) is 1. The molecule has 7 heteroatoms. The average molecular weight is 363 g/mol. The van der Waals surface area contributed by atoms with Gasteiger partial charge in [0.2, 0.25) is 0 Å². The molecule has 2 aromatic rings. The van der Waals surface area contributed by atoms with Crippen molar-refractivity contribution in [2.45, 2.75) is 12.5 Å². The van der Waals surface area contributed by atoms with Crippen LogP contribution in [0.3, 0.4) is 0 Å². The van der Waals surface area contributed by atoms with E-state index >= 15 is 0 Å². The number of amides is 2. The number of ether oxygens (including phenoxy) is 1. The van der Waals surface area contributed by atoms with Gasteiger partial charge in [0, 0.05) is 12.2 Å². The lowest BCUT2D eigenvalue weighted by Crippen LogP contribution is -2.45. The number of benzene rings is 2. The second-order valence-corrected chi connectivity index (χ2v) is 6.04. The molecule has 1 aliphatic rings. The molecule has 130 valence electrons. The first-order valence-corrected chi connectivity index (χ1v) is 8.07. The SMILES string of the molecule is COC(=O)N1CCc2ccccc2C1C(=O)Nc1ccc(F)c(Cl)c1. The second-order valence-electron chi connectivity index (χ2n) is 5.63. The van der Waals surface area contributed by atoms with Crippen molar-refractivity contribution in [1.29, 1.82) is 0 Å². The minimum absolute atomic E-state index is 0.0910. The number of halogens is 2. The Morgan fingerprint density at radius 1 is 1.28 bits per heavy atom. The summed E-state index contributed by atoms with van der Waals surface area (Å²) >= 11 is 5.75. The highest BCUT2D eigenvalue weighted by Crippen LogP contribution is 2.31. The fourth-order valence-corrected chi connectivity index (χ4v) is 3.13. The van der Waals surface area contributed by atoms with Crippen molar-refractivity contribution in [2.75, 3.05) is 19.0 Å². The molecule has 0 aliphatic carbocycles. The highest BCUT2D eigenvalue weighted by molar-refractivity contribution is 6.31. The van der Waals surface area contributed by atoms with Crippen molar-refractivity contribution in [3.05, 3.63) is 64.4 Å². The molecule has 1 unspecified atom stereocenters. The predicted molar refractivity (Wildman–Crippen MR) is 92.0 cm³/mol. The van der Waals surface area contributed by atoms with Crippen molar-refractivity contribution >= 4 is 29.3 Å². The van der Waals surface area contributed by atoms with Crippen LogP contribution in [0.4, 0.5) is 14.9 Å². The number of anilines is 1. The fraction of sp³-hybridized carbons (Fsp3) is 0.222. The molecule has 1 atom stereocenters. The quantitative estimate of drug-likeness (QED) is 0.884. The van der Waals surface area contributed by atoms with Gasteiger partial charge in [0.25, 0.3) is 5.91 Å². The van der Waals surface area contributed by atoms with Crippen molar-refractivity contribution in [3.63, 3.8) is 0 Å². The van der Waals surface area contributed by atoms with Gasteiger partial charge in [0.15, 0.2) is 0 Å². The van der Waals surface area contributed by atoms with Crippen molar-refractivity contribution in [1.82, 2.24) is 4.90 Å². The number of rotatable bonds is 2. The Morgan fingerprint density at radius 3 is 2.76 bits per heavy atom. The Hall–Kier alpha value is -2.60. The Balaban J connectivity index is 1.93. The Kier molecular flexibility index (Phi) is 4.90. The summed E-state index contributed by atoms with van der Waals surface area (Å²) in [4.78, 5) is 26.3. The summed E-state index contributed by atoms with van der Waals surface area (Å²) in [5.41, 5.74) is 2.09. The number of carbonyl (C=O) groups excluding carboxylic acids is 2. The van der Waals surface area contributed by atoms with Gasteiger partial charge in [0.05, 0.1) is 12.1 Å². The van der Waals surface area contributed by atoms with Gasteiger partial charge >= 0.3 is 6.09 Å². The summed E-state index contributed by atoms with van der Waals surface area (Å²) < 4.78 is 18.1. The normalized spacial score (nSPS) is 16.1. The molecule has 3 rings (SSSR count). The number of hydrogen-bond donors (Lipinski definition) is 1. The third kappa shape index (κ3) is 3.44. The summed E-state index contributed by atoms with van der Waals surface area (Å²) in [6.45, 7) is 0.367. The van der Waals surface area contributed by atoms with Crippen LogP contribution < -0.4 is 5.32 Å². The smallest absolute Gasteiger partial charge is 0.410 e. The highest BCUT2D eigenvalue weighted by atomic mass is 35.5. The molecule has 1 N–H and O–H groups in total. The molecule has 0 saturated carbocycles. The van der Waals surface area contributed by atoms with Gasteiger partial charge in [-0.2, -0.15) is 0 Å². The number of fused-ring (bicyclic) bond motifs is 1. The van der Waals surface area contributed by atoms with Gasteiger partial charge in [-0.05, 0) is 35.7 Å². The van der Waals surface area contributed by atoms with E-state index in [0.717, 1.165) is 11.1 Å². The maximum Gasteiger partial charge on any atom is 0.410 e. The molecule has 5 nitrogen and oxygen atoms in total. The van der Waals surface area contributed by atoms with E-state index in [2.05, 4.69) is 5.32 Å². The Labute approximate surface area is 149 Å². The van der Waals surface area contributed by atoms with Crippen LogP contribution in [-0.2, 0) is 16.0 Å². The molecule has 0 radical (unpaired) electrons. The van der Waals surface area contributed by atoms with Crippen molar-refractivity contribution in [3.8, 4) is 0 Å². The van der Waals surface area contributed by atoms with Crippen LogP contribution in [0.15, 0.2) is 42.5 Å². The van der Waals surface area contributed by atoms with Crippen LogP contribution in [0.5, 0.6) is 0 Å². The third-order valence-electron chi connectivity index (χ3n) is 4.13. The van der Waals surface area contributed by atoms with Gasteiger partial charge in [0.1, 0.15) is 11.9 Å². The van der Waals surface area contributed by atoms with Crippen LogP contribution in [0.2, 0.25) is 5.02 Å². The van der Waals surface area contributed by atoms with Crippen molar-refractivity contribution < 1.29 is 18.7 Å². The maximum absolute atomic E-state index is 13.3. The number of nitrogens with zero attached hydrogens (tertiary/aromatic N) is 1. The van der Waals surface area contributed by atoms with Crippen LogP contribution in [0.25, 0.3) is 0 Å². The standard InChI is InChI=1S/C18H16ClFN2O3/c1-25-18(24)22-9-8-11-4-2-3-5-13(11)16(22)17(23)21-12-6-7-15(20)14(19)10-12/h2-7,10,16H,8-9H2,1H3,(H,21,23). The first-order chi connectivity index (χ1) is 12.0. The van der Waals surface area contributed by atoms with Crippen molar-refractivity contribution in [2.24, 2.45) is 0 Å². The molecule has 0 saturated heterocycles. The largest absolute Gasteiger partial charge is 0.453 e. The van der Waals surface area contributed by atoms with Gasteiger partial charge < -0.3 is 10.1 Å². The average Bonchev–Trinajstić information content (AvgIpc) is 2.63. The first kappa shape index (κ1) is 17.2. The number of carbonyl (C=O) groups is 2. The van der Waals surface area contributed by atoms with E-state index in [1.807, 2.05) is 24.3 Å². The van der Waals surface area contributed by atoms with Crippen LogP contribution >= 0.6 is 11.6 Å². The zero-order valence-electron chi connectivity index (χ0n) is 13.5. The Morgan fingerprint density at radius 2 is 2.04 bits per heavy atom. The summed E-state index contributed by atoms with van der Waals surface area (Å²) in [6, 6.07) is 10.5. The molecule has 0 fully saturated rings. The molecule has 25 heavy (non-hydrogen) atoms. The van der Waals surface area contributed by atoms with Gasteiger partial charge in [-0.1, -0.05) is 35.9 Å². The van der Waals surface area contributed by atoms with E-state index in [-0.39, 0.29) is 5.02 Å². The molecule has 1 aliphatic heterocycles. The van der Waals surface area contributed by atoms with Gasteiger partial charge in [-0.3, -0.25) is 9.69 Å². The monoisotopic (exact) mass is 362 g/mol. The molecule has 2 amide bonds. The molecule has 1 heterocycles. The van der Waals surface area contributed by atoms with Gasteiger partial charge in [-0.15, -0.1) is 0 Å². The molecular weight excluding hydrogens is 347 g/mol. The number of methoxy groups -OCH3 is 1. The predicted octanol–water partition coefficient (Wildman–Crippen LogP) is 3.78. The van der Waals surface area contributed by atoms with E-state index in [9.17, 15) is 14.0 Å². The van der Waals surface area contributed by atoms with Crippen LogP contribution in [0.1, 0.15) is 17.2 Å². The highest BCUT2D eigenvalue weighted by Gasteiger charge is 2.36. The van der Waals surface area contributed by atoms with Crippen LogP contribution in [0, 0.1) is 5.82 Å². The number of hydrogen-bond acceptors (Lipinski definition) is 3.